The van der Waals surface area contributed by atoms with E-state index in [9.17, 15) is 4.79 Å². The quantitative estimate of drug-likeness (QED) is 0.633. The van der Waals surface area contributed by atoms with E-state index in [1.165, 1.54) is 0 Å². The van der Waals surface area contributed by atoms with Crippen molar-refractivity contribution in [3.63, 3.8) is 0 Å². The van der Waals surface area contributed by atoms with Crippen molar-refractivity contribution < 1.29 is 14.3 Å². The highest BCUT2D eigenvalue weighted by Gasteiger charge is 2.14. The van der Waals surface area contributed by atoms with E-state index in [4.69, 9.17) is 15.2 Å². The van der Waals surface area contributed by atoms with Gasteiger partial charge in [0.25, 0.3) is 5.91 Å². The second-order valence-corrected chi connectivity index (χ2v) is 4.57. The highest BCUT2D eigenvalue weighted by atomic mass is 16.5. The molecule has 118 valence electrons. The third kappa shape index (κ3) is 4.23. The Morgan fingerprint density at radius 2 is 2.32 bits per heavy atom. The Morgan fingerprint density at radius 1 is 1.45 bits per heavy atom. The maximum Gasteiger partial charge on any atom is 0.255 e. The van der Waals surface area contributed by atoms with Gasteiger partial charge in [-0.25, -0.2) is 4.98 Å². The summed E-state index contributed by atoms with van der Waals surface area (Å²) >= 11 is 0. The van der Waals surface area contributed by atoms with E-state index in [-0.39, 0.29) is 5.91 Å². The number of nitrogens with one attached hydrogen (secondary N) is 2. The van der Waals surface area contributed by atoms with E-state index in [1.807, 2.05) is 0 Å². The first-order chi connectivity index (χ1) is 10.7. The molecule has 0 aliphatic heterocycles. The Bertz CT molecular complexity index is 599. The van der Waals surface area contributed by atoms with Crippen LogP contribution in [0.25, 0.3) is 0 Å². The number of carbonyl (C=O) groups is 1. The van der Waals surface area contributed by atoms with Gasteiger partial charge >= 0.3 is 0 Å². The van der Waals surface area contributed by atoms with Crippen LogP contribution in [-0.2, 0) is 6.54 Å². The fourth-order valence-corrected chi connectivity index (χ4v) is 1.86. The molecule has 0 spiro atoms. The fraction of sp³-hybridized carbons (Fsp3) is 0.333. The van der Waals surface area contributed by atoms with Crippen molar-refractivity contribution >= 4 is 5.91 Å². The first-order valence-electron chi connectivity index (χ1n) is 7.02. The molecule has 22 heavy (non-hydrogen) atoms. The fourth-order valence-electron chi connectivity index (χ4n) is 1.86. The number of ether oxygens (including phenoxy) is 2. The van der Waals surface area contributed by atoms with Gasteiger partial charge in [-0.3, -0.25) is 4.79 Å². The number of carbonyl (C=O) groups excluding carboxylic acids is 1. The lowest BCUT2D eigenvalue weighted by Crippen LogP contribution is -2.24. The first kappa shape index (κ1) is 15.8. The lowest BCUT2D eigenvalue weighted by molar-refractivity contribution is 0.0945. The van der Waals surface area contributed by atoms with Crippen molar-refractivity contribution in [2.75, 3.05) is 20.3 Å². The smallest absolute Gasteiger partial charge is 0.255 e. The zero-order valence-corrected chi connectivity index (χ0v) is 12.5. The number of nitrogens with two attached hydrogens (primary N) is 1. The molecule has 0 saturated carbocycles. The molecule has 0 bridgehead atoms. The van der Waals surface area contributed by atoms with Crippen molar-refractivity contribution in [2.45, 2.75) is 13.0 Å². The molecule has 2 rings (SSSR count). The van der Waals surface area contributed by atoms with Gasteiger partial charge in [-0.15, -0.1) is 0 Å². The number of aromatic nitrogens is 2. The topological polar surface area (TPSA) is 102 Å². The van der Waals surface area contributed by atoms with Gasteiger partial charge in [-0.1, -0.05) is 0 Å². The molecule has 0 saturated heterocycles. The largest absolute Gasteiger partial charge is 0.497 e. The van der Waals surface area contributed by atoms with Crippen LogP contribution in [-0.4, -0.2) is 36.1 Å². The van der Waals surface area contributed by atoms with Gasteiger partial charge in [0, 0.05) is 12.4 Å². The standard InChI is InChI=1S/C15H20N4O3/c1-21-11-3-4-13(22-8-2-5-16)12(9-11)15(20)19-10-14-17-6-7-18-14/h3-4,6-7,9H,2,5,8,10,16H2,1H3,(H,17,18)(H,19,20). The summed E-state index contributed by atoms with van der Waals surface area (Å²) in [6.07, 6.45) is 4.06. The molecule has 0 fully saturated rings. The Labute approximate surface area is 128 Å². The van der Waals surface area contributed by atoms with Crippen molar-refractivity contribution in [1.29, 1.82) is 0 Å². The van der Waals surface area contributed by atoms with Crippen LogP contribution in [0.4, 0.5) is 0 Å². The van der Waals surface area contributed by atoms with Gasteiger partial charge in [0.15, 0.2) is 0 Å². The summed E-state index contributed by atoms with van der Waals surface area (Å²) in [5.41, 5.74) is 5.87. The highest BCUT2D eigenvalue weighted by molar-refractivity contribution is 5.97. The van der Waals surface area contributed by atoms with Crippen molar-refractivity contribution in [3.8, 4) is 11.5 Å². The number of methoxy groups -OCH3 is 1. The Balaban J connectivity index is 2.09. The number of imidazole rings is 1. The molecule has 0 aliphatic carbocycles. The lowest BCUT2D eigenvalue weighted by atomic mass is 10.1. The molecule has 4 N–H and O–H groups in total. The third-order valence-corrected chi connectivity index (χ3v) is 3.01. The van der Waals surface area contributed by atoms with E-state index in [2.05, 4.69) is 15.3 Å². The lowest BCUT2D eigenvalue weighted by Gasteiger charge is -2.12. The molecule has 1 heterocycles. The van der Waals surface area contributed by atoms with Gasteiger partial charge in [0.1, 0.15) is 17.3 Å². The number of H-pyrrole nitrogens is 1. The van der Waals surface area contributed by atoms with Crippen molar-refractivity contribution in [3.05, 3.63) is 42.0 Å². The van der Waals surface area contributed by atoms with Gasteiger partial charge in [0.2, 0.25) is 0 Å². The summed E-state index contributed by atoms with van der Waals surface area (Å²) in [5.74, 6) is 1.53. The number of nitrogens with zero attached hydrogens (tertiary/aromatic N) is 1. The van der Waals surface area contributed by atoms with E-state index in [0.717, 1.165) is 6.42 Å². The predicted octanol–water partition coefficient (Wildman–Crippen LogP) is 1.08. The summed E-state index contributed by atoms with van der Waals surface area (Å²) in [6.45, 7) is 1.31. The van der Waals surface area contributed by atoms with Crippen LogP contribution < -0.4 is 20.5 Å². The van der Waals surface area contributed by atoms with Crippen LogP contribution in [0.15, 0.2) is 30.6 Å². The number of hydrogen-bond acceptors (Lipinski definition) is 5. The summed E-state index contributed by atoms with van der Waals surface area (Å²) < 4.78 is 10.8. The van der Waals surface area contributed by atoms with Crippen molar-refractivity contribution in [1.82, 2.24) is 15.3 Å². The molecular weight excluding hydrogens is 284 g/mol. The highest BCUT2D eigenvalue weighted by Crippen LogP contribution is 2.24. The molecule has 1 amide bonds. The second-order valence-electron chi connectivity index (χ2n) is 4.57. The minimum atomic E-state index is -0.252. The zero-order valence-electron chi connectivity index (χ0n) is 12.5. The monoisotopic (exact) mass is 304 g/mol. The molecule has 1 aromatic heterocycles. The maximum absolute atomic E-state index is 12.3. The summed E-state index contributed by atoms with van der Waals surface area (Å²) in [4.78, 5) is 19.3. The number of rotatable bonds is 8. The number of aromatic amines is 1. The number of amides is 1. The number of benzene rings is 1. The molecule has 1 aromatic carbocycles. The second kappa shape index (κ2) is 8.04. The van der Waals surface area contributed by atoms with Gasteiger partial charge in [0.05, 0.1) is 25.8 Å². The molecule has 0 unspecified atom stereocenters. The average molecular weight is 304 g/mol. The maximum atomic E-state index is 12.3. The molecule has 0 aliphatic rings. The molecule has 0 radical (unpaired) electrons. The van der Waals surface area contributed by atoms with Crippen LogP contribution in [0.1, 0.15) is 22.6 Å². The molecule has 7 nitrogen and oxygen atoms in total. The van der Waals surface area contributed by atoms with Crippen LogP contribution in [0.5, 0.6) is 11.5 Å². The van der Waals surface area contributed by atoms with Gasteiger partial charge < -0.3 is 25.5 Å². The van der Waals surface area contributed by atoms with Crippen molar-refractivity contribution in [2.24, 2.45) is 5.73 Å². The van der Waals surface area contributed by atoms with Crippen LogP contribution in [0, 0.1) is 0 Å². The van der Waals surface area contributed by atoms with Crippen LogP contribution in [0.2, 0.25) is 0 Å². The molecule has 7 heteroatoms. The Hall–Kier alpha value is -2.54. The Kier molecular flexibility index (Phi) is 5.79. The van der Waals surface area contributed by atoms with E-state index in [0.29, 0.717) is 42.6 Å². The summed E-state index contributed by atoms with van der Waals surface area (Å²) in [6, 6.07) is 5.12. The SMILES string of the molecule is COc1ccc(OCCCN)c(C(=O)NCc2ncc[nH]2)c1. The minimum Gasteiger partial charge on any atom is -0.497 e. The van der Waals surface area contributed by atoms with E-state index >= 15 is 0 Å². The molecular formula is C15H20N4O3. The first-order valence-corrected chi connectivity index (χ1v) is 7.02. The minimum absolute atomic E-state index is 0.252. The van der Waals surface area contributed by atoms with Gasteiger partial charge in [-0.05, 0) is 31.2 Å². The van der Waals surface area contributed by atoms with Crippen LogP contribution in [0.3, 0.4) is 0 Å². The Morgan fingerprint density at radius 3 is 3.00 bits per heavy atom. The molecule has 0 atom stereocenters. The number of hydrogen-bond donors (Lipinski definition) is 3. The van der Waals surface area contributed by atoms with E-state index in [1.54, 1.807) is 37.7 Å². The van der Waals surface area contributed by atoms with E-state index < -0.39 is 0 Å². The normalized spacial score (nSPS) is 10.3. The average Bonchev–Trinajstić information content (AvgIpc) is 3.06. The third-order valence-electron chi connectivity index (χ3n) is 3.01. The van der Waals surface area contributed by atoms with Gasteiger partial charge in [-0.2, -0.15) is 0 Å². The summed E-state index contributed by atoms with van der Waals surface area (Å²) in [7, 11) is 1.55. The molecule has 2 aromatic rings. The summed E-state index contributed by atoms with van der Waals surface area (Å²) in [5, 5.41) is 2.79. The predicted molar refractivity (Wildman–Crippen MR) is 81.9 cm³/mol. The van der Waals surface area contributed by atoms with Crippen LogP contribution >= 0.6 is 0 Å². The zero-order chi connectivity index (χ0) is 15.8.